The fourth-order valence-corrected chi connectivity index (χ4v) is 7.19. The van der Waals surface area contributed by atoms with Gasteiger partial charge in [0.05, 0.1) is 37.9 Å². The molecule has 0 radical (unpaired) electrons. The maximum Gasteiger partial charge on any atom is 0.176 e. The lowest BCUT2D eigenvalue weighted by Crippen LogP contribution is -2.70. The lowest BCUT2D eigenvalue weighted by Gasteiger charge is -2.50. The fourth-order valence-electron chi connectivity index (χ4n) is 7.19. The zero-order valence-corrected chi connectivity index (χ0v) is 30.7. The number of hydrogen-bond acceptors (Lipinski definition) is 16. The molecule has 3 heterocycles. The van der Waals surface area contributed by atoms with Gasteiger partial charge >= 0.3 is 0 Å². The molecule has 302 valence electrons. The third kappa shape index (κ3) is 10.1. The van der Waals surface area contributed by atoms with Crippen molar-refractivity contribution in [1.29, 1.82) is 0 Å². The second-order valence-electron chi connectivity index (χ2n) is 14.1. The maximum atomic E-state index is 11.2. The quantitative estimate of drug-likeness (QED) is 0.0859. The third-order valence-electron chi connectivity index (χ3n) is 10.3. The summed E-state index contributed by atoms with van der Waals surface area (Å²) in [6.07, 6.45) is -11.8. The largest absolute Gasteiger partial charge is 0.388 e. The zero-order valence-electron chi connectivity index (χ0n) is 30.7. The molecule has 15 atom stereocenters. The molecule has 55 heavy (non-hydrogen) atoms. The van der Waals surface area contributed by atoms with Crippen molar-refractivity contribution in [3.05, 3.63) is 108 Å². The van der Waals surface area contributed by atoms with Crippen LogP contribution in [0.15, 0.2) is 91.0 Å². The van der Waals surface area contributed by atoms with Crippen molar-refractivity contribution >= 4 is 0 Å². The maximum absolute atomic E-state index is 11.2. The Morgan fingerprint density at radius 1 is 0.455 bits per heavy atom. The van der Waals surface area contributed by atoms with E-state index >= 15 is 0 Å². The van der Waals surface area contributed by atoms with Crippen LogP contribution in [0.25, 0.3) is 0 Å². The van der Waals surface area contributed by atoms with Crippen LogP contribution in [-0.4, -0.2) is 122 Å². The Morgan fingerprint density at radius 2 is 0.818 bits per heavy atom. The molecule has 0 aliphatic carbocycles. The average molecular weight is 769 g/mol. The SMILES string of the molecule is NC[C@H]1O[C@H](O[C@H]2[C@H](OCc3ccccc3)[C@@H](N)[C@@H](O[C@H]3[C@H](OCc4ccccc4)[C@@H](N)[C@@H](O)O[C@@H]3CN)O[C@@H]2CN)[C@H](N)[C@@H](OCc2ccccc2)[C@@H]1O. The highest BCUT2D eigenvalue weighted by Gasteiger charge is 2.53. The number of rotatable bonds is 16. The molecule has 0 aromatic heterocycles. The van der Waals surface area contributed by atoms with Gasteiger partial charge in [0.15, 0.2) is 18.9 Å². The van der Waals surface area contributed by atoms with Gasteiger partial charge in [-0.25, -0.2) is 0 Å². The number of aliphatic hydroxyl groups excluding tert-OH is 2. The van der Waals surface area contributed by atoms with E-state index in [2.05, 4.69) is 0 Å². The van der Waals surface area contributed by atoms with E-state index in [0.717, 1.165) is 16.7 Å². The van der Waals surface area contributed by atoms with Gasteiger partial charge in [-0.1, -0.05) is 91.0 Å². The first-order valence-corrected chi connectivity index (χ1v) is 18.7. The van der Waals surface area contributed by atoms with Crippen LogP contribution < -0.4 is 34.4 Å². The van der Waals surface area contributed by atoms with Gasteiger partial charge in [0, 0.05) is 19.6 Å². The minimum Gasteiger partial charge on any atom is -0.388 e. The highest BCUT2D eigenvalue weighted by Crippen LogP contribution is 2.34. The molecule has 3 aromatic rings. The number of hydrogen-bond donors (Lipinski definition) is 8. The Morgan fingerprint density at radius 3 is 1.25 bits per heavy atom. The van der Waals surface area contributed by atoms with Gasteiger partial charge in [-0.15, -0.1) is 0 Å². The van der Waals surface area contributed by atoms with E-state index in [-0.39, 0.29) is 39.5 Å². The summed E-state index contributed by atoms with van der Waals surface area (Å²) < 4.78 is 50.6. The molecule has 0 unspecified atom stereocenters. The predicted molar refractivity (Wildman–Crippen MR) is 200 cm³/mol. The van der Waals surface area contributed by atoms with Crippen molar-refractivity contribution in [3.63, 3.8) is 0 Å². The van der Waals surface area contributed by atoms with Crippen LogP contribution in [-0.2, 0) is 57.7 Å². The van der Waals surface area contributed by atoms with Gasteiger partial charge in [0.2, 0.25) is 0 Å². The summed E-state index contributed by atoms with van der Waals surface area (Å²) in [6, 6.07) is 25.6. The van der Waals surface area contributed by atoms with E-state index in [4.69, 9.17) is 72.3 Å². The van der Waals surface area contributed by atoms with Crippen LogP contribution in [0.4, 0.5) is 0 Å². The third-order valence-corrected chi connectivity index (χ3v) is 10.3. The zero-order chi connectivity index (χ0) is 38.9. The summed E-state index contributed by atoms with van der Waals surface area (Å²) in [6.45, 7) is 0.428. The van der Waals surface area contributed by atoms with Crippen molar-refractivity contribution in [2.45, 2.75) is 112 Å². The first kappa shape index (κ1) is 41.6. The van der Waals surface area contributed by atoms with Crippen molar-refractivity contribution in [3.8, 4) is 0 Å². The number of benzene rings is 3. The smallest absolute Gasteiger partial charge is 0.176 e. The van der Waals surface area contributed by atoms with Crippen LogP contribution in [0.1, 0.15) is 16.7 Å². The predicted octanol–water partition coefficient (Wildman–Crippen LogP) is -1.10. The van der Waals surface area contributed by atoms with Gasteiger partial charge in [0.25, 0.3) is 0 Å². The molecule has 6 rings (SSSR count). The molecule has 16 heteroatoms. The van der Waals surface area contributed by atoms with Crippen molar-refractivity contribution in [1.82, 2.24) is 0 Å². The van der Waals surface area contributed by atoms with Gasteiger partial charge in [-0.2, -0.15) is 0 Å². The summed E-state index contributed by atoms with van der Waals surface area (Å²) in [7, 11) is 0. The van der Waals surface area contributed by atoms with Crippen LogP contribution in [0.3, 0.4) is 0 Å². The van der Waals surface area contributed by atoms with Gasteiger partial charge in [-0.05, 0) is 16.7 Å². The van der Waals surface area contributed by atoms with E-state index in [1.807, 2.05) is 91.0 Å². The molecule has 3 fully saturated rings. The number of nitrogens with two attached hydrogens (primary N) is 6. The van der Waals surface area contributed by atoms with Crippen LogP contribution >= 0.6 is 0 Å². The second-order valence-corrected chi connectivity index (χ2v) is 14.1. The van der Waals surface area contributed by atoms with E-state index in [1.54, 1.807) is 0 Å². The molecule has 16 nitrogen and oxygen atoms in total. The summed E-state index contributed by atoms with van der Waals surface area (Å²) in [5, 5.41) is 21.9. The molecule has 3 saturated heterocycles. The molecular formula is C39H56N6O10. The van der Waals surface area contributed by atoms with Gasteiger partial charge in [0.1, 0.15) is 54.9 Å². The molecule has 0 saturated carbocycles. The highest BCUT2D eigenvalue weighted by atomic mass is 16.7. The Kier molecular flexibility index (Phi) is 15.1. The monoisotopic (exact) mass is 768 g/mol. The second kappa shape index (κ2) is 19.9. The molecule has 0 amide bonds. The van der Waals surface area contributed by atoms with E-state index < -0.39 is 91.9 Å². The van der Waals surface area contributed by atoms with Crippen molar-refractivity contribution in [2.24, 2.45) is 34.4 Å². The van der Waals surface area contributed by atoms with Crippen LogP contribution in [0, 0.1) is 0 Å². The summed E-state index contributed by atoms with van der Waals surface area (Å²) in [5.41, 5.74) is 41.3. The first-order valence-electron chi connectivity index (χ1n) is 18.7. The topological polar surface area (TPSA) is 270 Å². The first-order chi connectivity index (χ1) is 26.7. The Hall–Kier alpha value is -2.98. The highest BCUT2D eigenvalue weighted by molar-refractivity contribution is 5.15. The van der Waals surface area contributed by atoms with Crippen molar-refractivity contribution in [2.75, 3.05) is 19.6 Å². The van der Waals surface area contributed by atoms with E-state index in [1.165, 1.54) is 0 Å². The molecule has 3 aliphatic rings. The molecule has 3 aromatic carbocycles. The standard InChI is InChI=1S/C39H56N6O10/c40-16-25-31(46)34(48-19-22-10-4-1-5-11-22)29(44)38(52-25)55-33-27(18-42)53-39(30(45)36(33)50-21-24-14-8-3-9-15-24)54-32-26(17-41)51-37(47)28(43)35(32)49-20-23-12-6-2-7-13-23/h1-15,25-39,46-47H,16-21,40-45H2/t25-,26-,27-,28-,29-,30-,31-,32-,33-,34-,35-,36-,37+,38-,39-/m1/s1. The summed E-state index contributed by atoms with van der Waals surface area (Å²) >= 11 is 0. The summed E-state index contributed by atoms with van der Waals surface area (Å²) in [5.74, 6) is 0. The Bertz CT molecular complexity index is 1560. The lowest BCUT2D eigenvalue weighted by atomic mass is 9.93. The molecule has 14 N–H and O–H groups in total. The molecule has 0 bridgehead atoms. The van der Waals surface area contributed by atoms with Gasteiger partial charge < -0.3 is 82.5 Å². The van der Waals surface area contributed by atoms with Gasteiger partial charge in [-0.3, -0.25) is 0 Å². The lowest BCUT2D eigenvalue weighted by molar-refractivity contribution is -0.348. The molecular weight excluding hydrogens is 712 g/mol. The summed E-state index contributed by atoms with van der Waals surface area (Å²) in [4.78, 5) is 0. The Balaban J connectivity index is 1.24. The average Bonchev–Trinajstić information content (AvgIpc) is 3.21. The van der Waals surface area contributed by atoms with Crippen LogP contribution in [0.2, 0.25) is 0 Å². The minimum atomic E-state index is -1.36. The molecule has 3 aliphatic heterocycles. The van der Waals surface area contributed by atoms with E-state index in [0.29, 0.717) is 0 Å². The van der Waals surface area contributed by atoms with E-state index in [9.17, 15) is 10.2 Å². The number of ether oxygens (including phenoxy) is 8. The minimum absolute atomic E-state index is 0.0276. The fraction of sp³-hybridized carbons (Fsp3) is 0.538. The normalized spacial score (nSPS) is 36.8. The Labute approximate surface area is 321 Å². The molecule has 0 spiro atoms. The van der Waals surface area contributed by atoms with Crippen LogP contribution in [0.5, 0.6) is 0 Å². The number of aliphatic hydroxyl groups is 2. The van der Waals surface area contributed by atoms with Crippen molar-refractivity contribution < 1.29 is 48.1 Å².